The molecule has 1 aliphatic heterocycles. The van der Waals surface area contributed by atoms with Gasteiger partial charge in [0.1, 0.15) is 5.82 Å². The Hall–Kier alpha value is -1.16. The normalized spacial score (nSPS) is 22.8. The summed E-state index contributed by atoms with van der Waals surface area (Å²) < 4.78 is 0. The summed E-state index contributed by atoms with van der Waals surface area (Å²) in [4.78, 5) is 8.24. The second-order valence-electron chi connectivity index (χ2n) is 3.02. The van der Waals surface area contributed by atoms with E-state index in [1.807, 2.05) is 0 Å². The third kappa shape index (κ3) is 1.25. The number of rotatable bonds is 1. The Labute approximate surface area is 71.2 Å². The highest BCUT2D eigenvalue weighted by Gasteiger charge is 2.20. The lowest BCUT2D eigenvalue weighted by Crippen LogP contribution is -2.11. The monoisotopic (exact) mass is 164 g/mol. The number of nitrogen functional groups attached to an aromatic ring is 1. The van der Waals surface area contributed by atoms with E-state index in [9.17, 15) is 0 Å². The largest absolute Gasteiger partial charge is 0.382 e. The van der Waals surface area contributed by atoms with Gasteiger partial charge in [-0.15, -0.1) is 0 Å². The molecule has 0 saturated carbocycles. The Balaban J connectivity index is 2.26. The quantitative estimate of drug-likeness (QED) is 0.619. The molecule has 0 unspecified atom stereocenters. The van der Waals surface area contributed by atoms with Gasteiger partial charge in [0, 0.05) is 24.9 Å². The molecule has 1 aromatic heterocycles. The van der Waals surface area contributed by atoms with Crippen LogP contribution in [0.5, 0.6) is 0 Å². The predicted molar refractivity (Wildman–Crippen MR) is 46.7 cm³/mol. The van der Waals surface area contributed by atoms with Gasteiger partial charge in [-0.25, -0.2) is 4.98 Å². The zero-order valence-electron chi connectivity index (χ0n) is 6.83. The first-order valence-electron chi connectivity index (χ1n) is 4.15. The molecule has 1 aliphatic rings. The molecule has 4 nitrogen and oxygen atoms in total. The van der Waals surface area contributed by atoms with E-state index in [4.69, 9.17) is 5.73 Å². The van der Waals surface area contributed by atoms with Crippen molar-refractivity contribution >= 4 is 5.82 Å². The van der Waals surface area contributed by atoms with Crippen molar-refractivity contribution in [1.82, 2.24) is 15.3 Å². The third-order valence-corrected chi connectivity index (χ3v) is 2.20. The minimum Gasteiger partial charge on any atom is -0.382 e. The molecule has 1 saturated heterocycles. The fraction of sp³-hybridized carbons (Fsp3) is 0.500. The molecule has 0 spiro atoms. The molecule has 4 heteroatoms. The number of nitrogens with one attached hydrogen (secondary N) is 1. The summed E-state index contributed by atoms with van der Waals surface area (Å²) in [6, 6.07) is 0. The van der Waals surface area contributed by atoms with Gasteiger partial charge >= 0.3 is 0 Å². The highest BCUT2D eigenvalue weighted by molar-refractivity contribution is 5.36. The summed E-state index contributed by atoms with van der Waals surface area (Å²) in [5.74, 6) is 1.03. The Bertz CT molecular complexity index is 268. The maximum Gasteiger partial charge on any atom is 0.145 e. The minimum absolute atomic E-state index is 0.457. The zero-order chi connectivity index (χ0) is 8.39. The fourth-order valence-electron chi connectivity index (χ4n) is 1.56. The maximum atomic E-state index is 5.70. The Kier molecular flexibility index (Phi) is 1.91. The average Bonchev–Trinajstić information content (AvgIpc) is 2.57. The highest BCUT2D eigenvalue weighted by Crippen LogP contribution is 2.22. The molecule has 3 N–H and O–H groups in total. The van der Waals surface area contributed by atoms with Crippen LogP contribution >= 0.6 is 0 Å². The van der Waals surface area contributed by atoms with Crippen LogP contribution in [0.15, 0.2) is 12.4 Å². The van der Waals surface area contributed by atoms with Crippen molar-refractivity contribution in [2.45, 2.75) is 12.3 Å². The van der Waals surface area contributed by atoms with E-state index in [2.05, 4.69) is 15.3 Å². The summed E-state index contributed by atoms with van der Waals surface area (Å²) >= 11 is 0. The number of anilines is 1. The van der Waals surface area contributed by atoms with E-state index in [1.54, 1.807) is 12.4 Å². The molecule has 2 rings (SSSR count). The maximum absolute atomic E-state index is 5.70. The molecule has 0 amide bonds. The van der Waals surface area contributed by atoms with Gasteiger partial charge in [0.05, 0.1) is 5.69 Å². The van der Waals surface area contributed by atoms with Crippen LogP contribution in [-0.4, -0.2) is 23.1 Å². The number of nitrogens with two attached hydrogens (primary N) is 1. The van der Waals surface area contributed by atoms with Crippen LogP contribution in [0.4, 0.5) is 5.82 Å². The van der Waals surface area contributed by atoms with Crippen molar-refractivity contribution in [2.75, 3.05) is 18.8 Å². The van der Waals surface area contributed by atoms with Crippen molar-refractivity contribution in [3.8, 4) is 0 Å². The average molecular weight is 164 g/mol. The molecule has 0 aromatic carbocycles. The van der Waals surface area contributed by atoms with E-state index in [1.165, 1.54) is 0 Å². The summed E-state index contributed by atoms with van der Waals surface area (Å²) in [5, 5.41) is 3.27. The fourth-order valence-corrected chi connectivity index (χ4v) is 1.56. The summed E-state index contributed by atoms with van der Waals surface area (Å²) in [6.07, 6.45) is 4.44. The smallest absolute Gasteiger partial charge is 0.145 e. The summed E-state index contributed by atoms with van der Waals surface area (Å²) in [6.45, 7) is 2.03. The van der Waals surface area contributed by atoms with Crippen molar-refractivity contribution in [2.24, 2.45) is 0 Å². The Morgan fingerprint density at radius 3 is 2.92 bits per heavy atom. The molecule has 1 aromatic rings. The first-order chi connectivity index (χ1) is 5.88. The Morgan fingerprint density at radius 1 is 1.42 bits per heavy atom. The van der Waals surface area contributed by atoms with Crippen molar-refractivity contribution < 1.29 is 0 Å². The molecule has 0 bridgehead atoms. The second kappa shape index (κ2) is 3.06. The van der Waals surface area contributed by atoms with E-state index in [0.717, 1.165) is 25.2 Å². The minimum atomic E-state index is 0.457. The first-order valence-corrected chi connectivity index (χ1v) is 4.15. The summed E-state index contributed by atoms with van der Waals surface area (Å²) in [5.41, 5.74) is 6.65. The van der Waals surface area contributed by atoms with Gasteiger partial charge in [-0.05, 0) is 13.0 Å². The topological polar surface area (TPSA) is 63.8 Å². The number of nitrogens with zero attached hydrogens (tertiary/aromatic N) is 2. The lowest BCUT2D eigenvalue weighted by molar-refractivity contribution is 0.733. The number of aromatic nitrogens is 2. The van der Waals surface area contributed by atoms with Crippen LogP contribution in [0.1, 0.15) is 18.0 Å². The van der Waals surface area contributed by atoms with E-state index in [-0.39, 0.29) is 0 Å². The van der Waals surface area contributed by atoms with Crippen LogP contribution in [0.3, 0.4) is 0 Å². The van der Waals surface area contributed by atoms with Crippen LogP contribution in [0.25, 0.3) is 0 Å². The highest BCUT2D eigenvalue weighted by atomic mass is 14.9. The molecular formula is C8H12N4. The van der Waals surface area contributed by atoms with E-state index < -0.39 is 0 Å². The molecular weight excluding hydrogens is 152 g/mol. The van der Waals surface area contributed by atoms with Crippen molar-refractivity contribution in [3.05, 3.63) is 18.1 Å². The standard InChI is InChI=1S/C8H12N4/c9-8-7(11-3-4-12-8)6-1-2-10-5-6/h3-4,6,10H,1-2,5H2,(H2,9,12)/t6-/m0/s1. The van der Waals surface area contributed by atoms with Gasteiger partial charge in [0.25, 0.3) is 0 Å². The number of hydrogen-bond acceptors (Lipinski definition) is 4. The molecule has 2 heterocycles. The molecule has 1 fully saturated rings. The van der Waals surface area contributed by atoms with Crippen LogP contribution < -0.4 is 11.1 Å². The summed E-state index contributed by atoms with van der Waals surface area (Å²) in [7, 11) is 0. The third-order valence-electron chi connectivity index (χ3n) is 2.20. The first kappa shape index (κ1) is 7.49. The molecule has 64 valence electrons. The van der Waals surface area contributed by atoms with Crippen LogP contribution in [0.2, 0.25) is 0 Å². The van der Waals surface area contributed by atoms with Gasteiger partial charge in [-0.1, -0.05) is 0 Å². The lowest BCUT2D eigenvalue weighted by atomic mass is 10.1. The zero-order valence-corrected chi connectivity index (χ0v) is 6.83. The SMILES string of the molecule is Nc1nccnc1[C@H]1CCNC1. The number of hydrogen-bond donors (Lipinski definition) is 2. The molecule has 0 aliphatic carbocycles. The van der Waals surface area contributed by atoms with Crippen LogP contribution in [-0.2, 0) is 0 Å². The molecule has 1 atom stereocenters. The molecule has 0 radical (unpaired) electrons. The van der Waals surface area contributed by atoms with Gasteiger partial charge < -0.3 is 11.1 Å². The van der Waals surface area contributed by atoms with Crippen molar-refractivity contribution in [3.63, 3.8) is 0 Å². The van der Waals surface area contributed by atoms with E-state index in [0.29, 0.717) is 11.7 Å². The van der Waals surface area contributed by atoms with Crippen LogP contribution in [0, 0.1) is 0 Å². The second-order valence-corrected chi connectivity index (χ2v) is 3.02. The predicted octanol–water partition coefficient (Wildman–Crippen LogP) is 0.136. The van der Waals surface area contributed by atoms with Crippen molar-refractivity contribution in [1.29, 1.82) is 0 Å². The molecule has 12 heavy (non-hydrogen) atoms. The lowest BCUT2D eigenvalue weighted by Gasteiger charge is -2.08. The van der Waals surface area contributed by atoms with Gasteiger partial charge in [-0.3, -0.25) is 4.98 Å². The van der Waals surface area contributed by atoms with E-state index >= 15 is 0 Å². The van der Waals surface area contributed by atoms with Gasteiger partial charge in [-0.2, -0.15) is 0 Å². The Morgan fingerprint density at radius 2 is 2.25 bits per heavy atom. The van der Waals surface area contributed by atoms with Gasteiger partial charge in [0.2, 0.25) is 0 Å². The van der Waals surface area contributed by atoms with Gasteiger partial charge in [0.15, 0.2) is 0 Å².